The first-order chi connectivity index (χ1) is 4.90. The van der Waals surface area contributed by atoms with Gasteiger partial charge in [-0.05, 0) is 0 Å². The Morgan fingerprint density at radius 3 is 1.40 bits per heavy atom. The van der Waals surface area contributed by atoms with E-state index in [-0.39, 0.29) is 14.3 Å². The van der Waals surface area contributed by atoms with E-state index in [2.05, 4.69) is 0 Å². The van der Waals surface area contributed by atoms with Crippen LogP contribution in [0.1, 0.15) is 19.3 Å². The first-order valence-electron chi connectivity index (χ1n) is 4.73. The fourth-order valence-corrected chi connectivity index (χ4v) is 12.0. The molecule has 0 aromatic carbocycles. The molecular weight excluding hydrogens is 181 g/mol. The summed E-state index contributed by atoms with van der Waals surface area (Å²) in [5.74, 6) is 3.75. The third-order valence-corrected chi connectivity index (χ3v) is 11.0. The normalized spacial score (nSPS) is 52.2. The van der Waals surface area contributed by atoms with Crippen molar-refractivity contribution in [2.45, 2.75) is 35.0 Å². The molecule has 4 bridgehead atoms. The van der Waals surface area contributed by atoms with E-state index in [1.807, 2.05) is 0 Å². The zero-order chi connectivity index (χ0) is 6.55. The van der Waals surface area contributed by atoms with Gasteiger partial charge in [0.1, 0.15) is 0 Å². The summed E-state index contributed by atoms with van der Waals surface area (Å²) in [7, 11) is 0. The third kappa shape index (κ3) is 0.807. The molecule has 1 saturated carbocycles. The van der Waals surface area contributed by atoms with E-state index < -0.39 is 0 Å². The van der Waals surface area contributed by atoms with Crippen molar-refractivity contribution in [2.75, 3.05) is 0 Å². The van der Waals surface area contributed by atoms with Crippen molar-refractivity contribution in [3.05, 3.63) is 0 Å². The van der Waals surface area contributed by atoms with Crippen molar-refractivity contribution in [3.8, 4) is 0 Å². The molecule has 0 unspecified atom stereocenters. The van der Waals surface area contributed by atoms with Gasteiger partial charge in [0.25, 0.3) is 0 Å². The molecule has 4 rings (SSSR count). The van der Waals surface area contributed by atoms with Crippen molar-refractivity contribution in [2.24, 2.45) is 17.8 Å². The van der Waals surface area contributed by atoms with Crippen molar-refractivity contribution < 1.29 is 0 Å². The van der Waals surface area contributed by atoms with Gasteiger partial charge in [0, 0.05) is 0 Å². The van der Waals surface area contributed by atoms with Crippen LogP contribution in [0.25, 0.3) is 0 Å². The number of hydrogen-bond acceptors (Lipinski definition) is 0. The minimum atomic E-state index is -0.337. The molecular formula is C9H15Ge. The van der Waals surface area contributed by atoms with Crippen LogP contribution in [0.4, 0.5) is 0 Å². The fraction of sp³-hybridized carbons (Fsp3) is 1.00. The van der Waals surface area contributed by atoms with Gasteiger partial charge in [-0.25, -0.2) is 0 Å². The van der Waals surface area contributed by atoms with E-state index in [1.165, 1.54) is 17.8 Å². The minimum absolute atomic E-state index is 0.337. The van der Waals surface area contributed by atoms with Crippen LogP contribution in [0.5, 0.6) is 0 Å². The maximum atomic E-state index is 1.77. The predicted octanol–water partition coefficient (Wildman–Crippen LogP) is 2.54. The van der Waals surface area contributed by atoms with E-state index in [0.29, 0.717) is 0 Å². The van der Waals surface area contributed by atoms with Crippen molar-refractivity contribution in [3.63, 3.8) is 0 Å². The van der Waals surface area contributed by atoms with Gasteiger partial charge in [-0.3, -0.25) is 0 Å². The SMILES string of the molecule is C1C2CC3CC1[CH2][Ge]([CH2]2)[CH2]3. The summed E-state index contributed by atoms with van der Waals surface area (Å²) in [4.78, 5) is 0. The Morgan fingerprint density at radius 1 is 0.700 bits per heavy atom. The van der Waals surface area contributed by atoms with Gasteiger partial charge < -0.3 is 0 Å². The second-order valence-electron chi connectivity index (χ2n) is 4.67. The molecule has 3 saturated heterocycles. The van der Waals surface area contributed by atoms with Crippen LogP contribution in [0, 0.1) is 17.8 Å². The molecule has 3 aliphatic heterocycles. The molecule has 4 aliphatic rings. The monoisotopic (exact) mass is 197 g/mol. The second kappa shape index (κ2) is 2.03. The van der Waals surface area contributed by atoms with Crippen LogP contribution in [-0.2, 0) is 0 Å². The average Bonchev–Trinajstić information content (AvgIpc) is 1.82. The van der Waals surface area contributed by atoms with Gasteiger partial charge in [-0.2, -0.15) is 0 Å². The molecule has 10 heavy (non-hydrogen) atoms. The molecule has 0 N–H and O–H groups in total. The Labute approximate surface area is 67.5 Å². The van der Waals surface area contributed by atoms with Crippen molar-refractivity contribution in [1.29, 1.82) is 0 Å². The van der Waals surface area contributed by atoms with Crippen LogP contribution < -0.4 is 0 Å². The summed E-state index contributed by atoms with van der Waals surface area (Å²) < 4.78 is 0. The molecule has 0 aromatic rings. The van der Waals surface area contributed by atoms with Gasteiger partial charge in [-0.15, -0.1) is 0 Å². The van der Waals surface area contributed by atoms with Crippen LogP contribution in [-0.4, -0.2) is 14.3 Å². The molecule has 0 atom stereocenters. The van der Waals surface area contributed by atoms with Crippen LogP contribution in [0.3, 0.4) is 0 Å². The summed E-state index contributed by atoms with van der Waals surface area (Å²) in [5, 5.41) is 5.31. The van der Waals surface area contributed by atoms with E-state index in [9.17, 15) is 0 Å². The van der Waals surface area contributed by atoms with Crippen molar-refractivity contribution >= 4 is 14.3 Å². The summed E-state index contributed by atoms with van der Waals surface area (Å²) >= 11 is -0.337. The Bertz CT molecular complexity index is 96.3. The summed E-state index contributed by atoms with van der Waals surface area (Å²) in [6.45, 7) is 0. The fourth-order valence-electron chi connectivity index (χ4n) is 3.68. The van der Waals surface area contributed by atoms with Gasteiger partial charge in [0.05, 0.1) is 0 Å². The second-order valence-corrected chi connectivity index (χ2v) is 10.4. The van der Waals surface area contributed by atoms with Crippen LogP contribution >= 0.6 is 0 Å². The standard InChI is InChI=1S/C9H15Ge/c1-7-2-9-3-8(1)5-10(4-7)6-9/h7-9H,1-6H2. The summed E-state index contributed by atoms with van der Waals surface area (Å²) in [5.41, 5.74) is 0. The van der Waals surface area contributed by atoms with E-state index in [0.717, 1.165) is 0 Å². The van der Waals surface area contributed by atoms with Crippen LogP contribution in [0.2, 0.25) is 15.8 Å². The van der Waals surface area contributed by atoms with Gasteiger partial charge in [0.2, 0.25) is 0 Å². The van der Waals surface area contributed by atoms with Crippen molar-refractivity contribution in [1.82, 2.24) is 0 Å². The Hall–Kier alpha value is 0.543. The molecule has 0 nitrogen and oxygen atoms in total. The zero-order valence-electron chi connectivity index (χ0n) is 6.47. The number of hydrogen-bond donors (Lipinski definition) is 0. The molecule has 0 aromatic heterocycles. The Balaban J connectivity index is 1.90. The zero-order valence-corrected chi connectivity index (χ0v) is 8.57. The van der Waals surface area contributed by atoms with Gasteiger partial charge in [-0.1, -0.05) is 0 Å². The molecule has 3 heterocycles. The Kier molecular flexibility index (Phi) is 1.24. The van der Waals surface area contributed by atoms with Gasteiger partial charge >= 0.3 is 67.1 Å². The molecule has 0 amide bonds. The average molecular weight is 196 g/mol. The van der Waals surface area contributed by atoms with E-state index in [1.54, 1.807) is 35.0 Å². The topological polar surface area (TPSA) is 0 Å². The van der Waals surface area contributed by atoms with E-state index in [4.69, 9.17) is 0 Å². The molecule has 0 spiro atoms. The molecule has 1 aliphatic carbocycles. The number of rotatable bonds is 0. The predicted molar refractivity (Wildman–Crippen MR) is 44.5 cm³/mol. The Morgan fingerprint density at radius 2 is 1.10 bits per heavy atom. The maximum absolute atomic E-state index is 1.77. The van der Waals surface area contributed by atoms with Gasteiger partial charge in [0.15, 0.2) is 0 Å². The van der Waals surface area contributed by atoms with E-state index >= 15 is 0 Å². The first-order valence-corrected chi connectivity index (χ1v) is 9.19. The molecule has 55 valence electrons. The quantitative estimate of drug-likeness (QED) is 0.522. The van der Waals surface area contributed by atoms with Crippen LogP contribution in [0.15, 0.2) is 0 Å². The molecule has 1 heteroatoms. The summed E-state index contributed by atoms with van der Waals surface area (Å²) in [6, 6.07) is 0. The summed E-state index contributed by atoms with van der Waals surface area (Å²) in [6.07, 6.45) is 4.94. The third-order valence-electron chi connectivity index (χ3n) is 3.73. The molecule has 4 fully saturated rings. The first kappa shape index (κ1) is 6.10. The molecule has 1 radical (unpaired) electrons.